The van der Waals surface area contributed by atoms with E-state index in [0.717, 1.165) is 4.31 Å². The highest BCUT2D eigenvalue weighted by Gasteiger charge is 2.57. The lowest BCUT2D eigenvalue weighted by Gasteiger charge is -2.23. The molecule has 0 amide bonds. The molecule has 2 aliphatic rings. The van der Waals surface area contributed by atoms with E-state index in [9.17, 15) is 31.5 Å². The molecule has 0 unspecified atom stereocenters. The average Bonchev–Trinajstić information content (AvgIpc) is 2.82. The number of aliphatic carboxylic acids is 1. The Labute approximate surface area is 114 Å². The minimum absolute atomic E-state index is 0.0203. The molecular weight excluding hydrogens is 299 g/mol. The average molecular weight is 315 g/mol. The van der Waals surface area contributed by atoms with E-state index in [0.29, 0.717) is 19.3 Å². The van der Waals surface area contributed by atoms with Gasteiger partial charge in [0.2, 0.25) is 10.0 Å². The fourth-order valence-corrected chi connectivity index (χ4v) is 4.76. The van der Waals surface area contributed by atoms with E-state index in [1.165, 1.54) is 0 Å². The van der Waals surface area contributed by atoms with Crippen molar-refractivity contribution in [2.24, 2.45) is 11.3 Å². The van der Waals surface area contributed by atoms with Crippen LogP contribution in [0.25, 0.3) is 0 Å². The molecule has 0 bridgehead atoms. The molecular formula is C11H16F3NO4S. The van der Waals surface area contributed by atoms with Crippen LogP contribution in [0, 0.1) is 11.3 Å². The summed E-state index contributed by atoms with van der Waals surface area (Å²) < 4.78 is 61.1. The Kier molecular flexibility index (Phi) is 3.79. The standard InChI is InChI=1S/C11H16F3NO4S/c12-11(13,14)4-5-20(18,19)15-6-8-2-1-3-10(8,7-15)9(16)17/h8H,1-7H2,(H,16,17)/t8-,10+/m0/s1. The third-order valence-corrected chi connectivity index (χ3v) is 6.09. The minimum Gasteiger partial charge on any atom is -0.481 e. The van der Waals surface area contributed by atoms with Crippen molar-refractivity contribution in [1.82, 2.24) is 4.31 Å². The van der Waals surface area contributed by atoms with Gasteiger partial charge in [-0.15, -0.1) is 0 Å². The van der Waals surface area contributed by atoms with E-state index < -0.39 is 39.8 Å². The topological polar surface area (TPSA) is 74.7 Å². The number of rotatable bonds is 4. The van der Waals surface area contributed by atoms with Gasteiger partial charge in [-0.25, -0.2) is 12.7 Å². The molecule has 9 heteroatoms. The van der Waals surface area contributed by atoms with E-state index in [2.05, 4.69) is 0 Å². The number of hydrogen-bond acceptors (Lipinski definition) is 3. The lowest BCUT2D eigenvalue weighted by molar-refractivity contribution is -0.149. The maximum Gasteiger partial charge on any atom is 0.390 e. The summed E-state index contributed by atoms with van der Waals surface area (Å²) >= 11 is 0. The van der Waals surface area contributed by atoms with Crippen LogP contribution in [0.3, 0.4) is 0 Å². The molecule has 0 aromatic rings. The summed E-state index contributed by atoms with van der Waals surface area (Å²) in [6.45, 7) is -0.181. The Bertz CT molecular complexity index is 504. The maximum atomic E-state index is 12.1. The lowest BCUT2D eigenvalue weighted by atomic mass is 9.81. The fraction of sp³-hybridized carbons (Fsp3) is 0.909. The van der Waals surface area contributed by atoms with Gasteiger partial charge >= 0.3 is 12.1 Å². The molecule has 1 aliphatic carbocycles. The van der Waals surface area contributed by atoms with Gasteiger partial charge in [-0.2, -0.15) is 13.2 Å². The summed E-state index contributed by atoms with van der Waals surface area (Å²) in [6, 6.07) is 0. The second-order valence-electron chi connectivity index (χ2n) is 5.52. The number of alkyl halides is 3. The van der Waals surface area contributed by atoms with E-state index >= 15 is 0 Å². The first-order chi connectivity index (χ1) is 9.07. The van der Waals surface area contributed by atoms with E-state index in [1.54, 1.807) is 0 Å². The second-order valence-corrected chi connectivity index (χ2v) is 7.61. The zero-order chi connectivity index (χ0) is 15.2. The SMILES string of the molecule is O=C(O)[C@@]12CCC[C@H]1CN(S(=O)(=O)CCC(F)(F)F)C2. The van der Waals surface area contributed by atoms with Crippen molar-refractivity contribution in [2.45, 2.75) is 31.9 Å². The smallest absolute Gasteiger partial charge is 0.390 e. The van der Waals surface area contributed by atoms with Crippen LogP contribution in [-0.4, -0.2) is 48.8 Å². The number of fused-ring (bicyclic) bond motifs is 1. The number of hydrogen-bond donors (Lipinski definition) is 1. The molecule has 1 saturated heterocycles. The summed E-state index contributed by atoms with van der Waals surface area (Å²) in [7, 11) is -4.06. The van der Waals surface area contributed by atoms with Gasteiger partial charge in [-0.1, -0.05) is 6.42 Å². The predicted molar refractivity (Wildman–Crippen MR) is 63.4 cm³/mol. The summed E-state index contributed by atoms with van der Waals surface area (Å²) in [5, 5.41) is 9.32. The Hall–Kier alpha value is -0.830. The molecule has 2 rings (SSSR count). The quantitative estimate of drug-likeness (QED) is 0.852. The largest absolute Gasteiger partial charge is 0.481 e. The third-order valence-electron chi connectivity index (χ3n) is 4.30. The minimum atomic E-state index is -4.53. The van der Waals surface area contributed by atoms with Crippen LogP contribution in [0.5, 0.6) is 0 Å². The number of carboxylic acid groups (broad SMARTS) is 1. The van der Waals surface area contributed by atoms with Crippen LogP contribution in [0.4, 0.5) is 13.2 Å². The van der Waals surface area contributed by atoms with Crippen molar-refractivity contribution in [3.05, 3.63) is 0 Å². The summed E-state index contributed by atoms with van der Waals surface area (Å²) in [5.74, 6) is -2.35. The highest BCUT2D eigenvalue weighted by Crippen LogP contribution is 2.49. The van der Waals surface area contributed by atoms with Crippen LogP contribution in [0.15, 0.2) is 0 Å². The fourth-order valence-electron chi connectivity index (χ4n) is 3.18. The molecule has 1 saturated carbocycles. The lowest BCUT2D eigenvalue weighted by Crippen LogP contribution is -2.38. The van der Waals surface area contributed by atoms with Crippen molar-refractivity contribution in [2.75, 3.05) is 18.8 Å². The van der Waals surface area contributed by atoms with Crippen molar-refractivity contribution in [3.63, 3.8) is 0 Å². The van der Waals surface area contributed by atoms with E-state index in [-0.39, 0.29) is 19.0 Å². The molecule has 0 aromatic heterocycles. The van der Waals surface area contributed by atoms with E-state index in [1.807, 2.05) is 0 Å². The molecule has 2 fully saturated rings. The second kappa shape index (κ2) is 4.87. The maximum absolute atomic E-state index is 12.1. The first-order valence-corrected chi connectivity index (χ1v) is 7.96. The first-order valence-electron chi connectivity index (χ1n) is 6.35. The normalized spacial score (nSPS) is 31.4. The molecule has 1 heterocycles. The zero-order valence-corrected chi connectivity index (χ0v) is 11.5. The molecule has 0 spiro atoms. The third kappa shape index (κ3) is 2.78. The Morgan fingerprint density at radius 3 is 2.55 bits per heavy atom. The van der Waals surface area contributed by atoms with Crippen LogP contribution in [-0.2, 0) is 14.8 Å². The summed E-state index contributed by atoms with van der Waals surface area (Å²) in [4.78, 5) is 11.4. The van der Waals surface area contributed by atoms with Crippen molar-refractivity contribution < 1.29 is 31.5 Å². The molecule has 0 aromatic carbocycles. The van der Waals surface area contributed by atoms with Crippen molar-refractivity contribution in [1.29, 1.82) is 0 Å². The van der Waals surface area contributed by atoms with Gasteiger partial charge in [-0.05, 0) is 18.8 Å². The van der Waals surface area contributed by atoms with Gasteiger partial charge < -0.3 is 5.11 Å². The Morgan fingerprint density at radius 2 is 2.05 bits per heavy atom. The number of carbonyl (C=O) groups is 1. The molecule has 1 N–H and O–H groups in total. The summed E-state index contributed by atoms with van der Waals surface area (Å²) in [6.07, 6.45) is -4.23. The number of halogens is 3. The predicted octanol–water partition coefficient (Wildman–Crippen LogP) is 1.46. The molecule has 5 nitrogen and oxygen atoms in total. The first kappa shape index (κ1) is 15.6. The van der Waals surface area contributed by atoms with Crippen LogP contribution in [0.1, 0.15) is 25.7 Å². The zero-order valence-electron chi connectivity index (χ0n) is 10.7. The number of sulfonamides is 1. The number of nitrogens with zero attached hydrogens (tertiary/aromatic N) is 1. The number of carboxylic acids is 1. The molecule has 20 heavy (non-hydrogen) atoms. The monoisotopic (exact) mass is 315 g/mol. The van der Waals surface area contributed by atoms with Gasteiger partial charge in [0.15, 0.2) is 0 Å². The van der Waals surface area contributed by atoms with Gasteiger partial charge in [0.1, 0.15) is 0 Å². The van der Waals surface area contributed by atoms with Crippen molar-refractivity contribution in [3.8, 4) is 0 Å². The Morgan fingerprint density at radius 1 is 1.40 bits per heavy atom. The highest BCUT2D eigenvalue weighted by atomic mass is 32.2. The van der Waals surface area contributed by atoms with Crippen molar-refractivity contribution >= 4 is 16.0 Å². The van der Waals surface area contributed by atoms with Crippen LogP contribution < -0.4 is 0 Å². The van der Waals surface area contributed by atoms with Crippen LogP contribution in [0.2, 0.25) is 0 Å². The van der Waals surface area contributed by atoms with Crippen LogP contribution >= 0.6 is 0 Å². The molecule has 116 valence electrons. The van der Waals surface area contributed by atoms with E-state index in [4.69, 9.17) is 0 Å². The van der Waals surface area contributed by atoms with Gasteiger partial charge in [0.05, 0.1) is 17.6 Å². The molecule has 1 aliphatic heterocycles. The van der Waals surface area contributed by atoms with Gasteiger partial charge in [-0.3, -0.25) is 4.79 Å². The summed E-state index contributed by atoms with van der Waals surface area (Å²) in [5.41, 5.74) is -1.11. The molecule has 0 radical (unpaired) electrons. The van der Waals surface area contributed by atoms with Gasteiger partial charge in [0, 0.05) is 13.1 Å². The Balaban J connectivity index is 2.11. The van der Waals surface area contributed by atoms with Gasteiger partial charge in [0.25, 0.3) is 0 Å². The highest BCUT2D eigenvalue weighted by molar-refractivity contribution is 7.89. The molecule has 2 atom stereocenters.